The lowest BCUT2D eigenvalue weighted by molar-refractivity contribution is 0.197. The third kappa shape index (κ3) is 2.19. The van der Waals surface area contributed by atoms with Crippen LogP contribution in [-0.4, -0.2) is 11.7 Å². The first-order chi connectivity index (χ1) is 7.04. The molecule has 2 nitrogen and oxygen atoms in total. The van der Waals surface area contributed by atoms with Crippen LogP contribution < -0.4 is 0 Å². The fourth-order valence-corrected chi connectivity index (χ4v) is 1.54. The molecular formula is C13H17NO. The molecule has 0 amide bonds. The molecule has 0 radical (unpaired) electrons. The summed E-state index contributed by atoms with van der Waals surface area (Å²) in [5.41, 5.74) is 1.54. The first-order valence-electron chi connectivity index (χ1n) is 5.14. The summed E-state index contributed by atoms with van der Waals surface area (Å²) in [7, 11) is 0. The number of aryl methyl sites for hydroxylation is 1. The number of nitrogens with zero attached hydrogens (tertiary/aromatic N) is 1. The van der Waals surface area contributed by atoms with E-state index in [-0.39, 0.29) is 12.5 Å². The summed E-state index contributed by atoms with van der Waals surface area (Å²) < 4.78 is 0. The fourth-order valence-electron chi connectivity index (χ4n) is 1.54. The van der Waals surface area contributed by atoms with Crippen LogP contribution in [0, 0.1) is 24.2 Å². The van der Waals surface area contributed by atoms with Crippen LogP contribution in [-0.2, 0) is 5.41 Å². The molecule has 0 aromatic heterocycles. The first kappa shape index (κ1) is 11.7. The van der Waals surface area contributed by atoms with Crippen LogP contribution in [0.25, 0.3) is 0 Å². The van der Waals surface area contributed by atoms with E-state index in [0.717, 1.165) is 5.56 Å². The molecule has 0 fully saturated rings. The van der Waals surface area contributed by atoms with Crippen LogP contribution in [0.2, 0.25) is 0 Å². The Kier molecular flexibility index (Phi) is 3.49. The van der Waals surface area contributed by atoms with E-state index in [1.165, 1.54) is 5.56 Å². The average molecular weight is 203 g/mol. The second kappa shape index (κ2) is 4.46. The van der Waals surface area contributed by atoms with Gasteiger partial charge in [-0.1, -0.05) is 36.8 Å². The molecular weight excluding hydrogens is 186 g/mol. The van der Waals surface area contributed by atoms with Gasteiger partial charge in [-0.15, -0.1) is 0 Å². The van der Waals surface area contributed by atoms with Crippen molar-refractivity contribution in [2.75, 3.05) is 6.61 Å². The molecule has 1 N–H and O–H groups in total. The van der Waals surface area contributed by atoms with E-state index in [0.29, 0.717) is 0 Å². The van der Waals surface area contributed by atoms with Crippen molar-refractivity contribution in [2.45, 2.75) is 26.2 Å². The predicted molar refractivity (Wildman–Crippen MR) is 60.4 cm³/mol. The normalized spacial score (nSPS) is 16.5. The van der Waals surface area contributed by atoms with Crippen LogP contribution in [0.5, 0.6) is 0 Å². The van der Waals surface area contributed by atoms with E-state index < -0.39 is 5.41 Å². The van der Waals surface area contributed by atoms with Crippen molar-refractivity contribution in [1.82, 2.24) is 0 Å². The van der Waals surface area contributed by atoms with Gasteiger partial charge in [0.2, 0.25) is 0 Å². The Bertz CT molecular complexity index is 363. The smallest absolute Gasteiger partial charge is 0.0841 e. The van der Waals surface area contributed by atoms with Crippen LogP contribution in [0.15, 0.2) is 24.3 Å². The number of hydrogen-bond donors (Lipinski definition) is 1. The summed E-state index contributed by atoms with van der Waals surface area (Å²) in [6.45, 7) is 5.81. The lowest BCUT2D eigenvalue weighted by Gasteiger charge is -2.28. The topological polar surface area (TPSA) is 44.0 Å². The van der Waals surface area contributed by atoms with Crippen molar-refractivity contribution < 1.29 is 5.11 Å². The van der Waals surface area contributed by atoms with Crippen LogP contribution in [0.3, 0.4) is 0 Å². The minimum atomic E-state index is -0.609. The van der Waals surface area contributed by atoms with E-state index in [1.807, 2.05) is 45.0 Å². The minimum Gasteiger partial charge on any atom is -0.396 e. The second-order valence-electron chi connectivity index (χ2n) is 4.26. The van der Waals surface area contributed by atoms with Gasteiger partial charge in [-0.3, -0.25) is 0 Å². The molecule has 0 saturated heterocycles. The summed E-state index contributed by atoms with van der Waals surface area (Å²) in [6.07, 6.45) is 0. The lowest BCUT2D eigenvalue weighted by Crippen LogP contribution is -2.30. The van der Waals surface area contributed by atoms with Crippen molar-refractivity contribution in [3.63, 3.8) is 0 Å². The molecule has 80 valence electrons. The standard InChI is InChI=1S/C13H17NO/c1-10-4-6-12(7-5-10)13(3,9-14)11(2)8-15/h4-7,11,15H,8H2,1-3H3/t11-,13+/m1/s1. The molecule has 0 aliphatic rings. The van der Waals surface area contributed by atoms with Gasteiger partial charge in [0.25, 0.3) is 0 Å². The zero-order valence-corrected chi connectivity index (χ0v) is 9.49. The van der Waals surface area contributed by atoms with Gasteiger partial charge in [-0.2, -0.15) is 5.26 Å². The first-order valence-corrected chi connectivity index (χ1v) is 5.14. The van der Waals surface area contributed by atoms with Gasteiger partial charge in [0, 0.05) is 12.5 Å². The quantitative estimate of drug-likeness (QED) is 0.819. The van der Waals surface area contributed by atoms with Gasteiger partial charge < -0.3 is 5.11 Å². The maximum absolute atomic E-state index is 9.25. The van der Waals surface area contributed by atoms with Crippen molar-refractivity contribution >= 4 is 0 Å². The van der Waals surface area contributed by atoms with E-state index in [4.69, 9.17) is 5.11 Å². The van der Waals surface area contributed by atoms with Gasteiger partial charge in [-0.25, -0.2) is 0 Å². The third-order valence-corrected chi connectivity index (χ3v) is 3.14. The largest absolute Gasteiger partial charge is 0.396 e. The number of aliphatic hydroxyl groups is 1. The predicted octanol–water partition coefficient (Wildman–Crippen LogP) is 2.40. The van der Waals surface area contributed by atoms with Crippen molar-refractivity contribution in [3.05, 3.63) is 35.4 Å². The van der Waals surface area contributed by atoms with Gasteiger partial charge in [0.05, 0.1) is 11.5 Å². The molecule has 1 aromatic carbocycles. The monoisotopic (exact) mass is 203 g/mol. The summed E-state index contributed by atoms with van der Waals surface area (Å²) in [5.74, 6) is -0.0646. The molecule has 1 rings (SSSR count). The highest BCUT2D eigenvalue weighted by molar-refractivity contribution is 5.34. The number of aliphatic hydroxyl groups excluding tert-OH is 1. The molecule has 2 heteroatoms. The van der Waals surface area contributed by atoms with Gasteiger partial charge in [-0.05, 0) is 19.4 Å². The van der Waals surface area contributed by atoms with E-state index in [9.17, 15) is 5.26 Å². The van der Waals surface area contributed by atoms with Crippen LogP contribution in [0.1, 0.15) is 25.0 Å². The number of rotatable bonds is 3. The Labute approximate surface area is 91.2 Å². The molecule has 15 heavy (non-hydrogen) atoms. The van der Waals surface area contributed by atoms with E-state index >= 15 is 0 Å². The summed E-state index contributed by atoms with van der Waals surface area (Å²) >= 11 is 0. The Morgan fingerprint density at radius 3 is 2.33 bits per heavy atom. The summed E-state index contributed by atoms with van der Waals surface area (Å²) in [4.78, 5) is 0. The lowest BCUT2D eigenvalue weighted by atomic mass is 9.74. The Hall–Kier alpha value is -1.33. The number of benzene rings is 1. The van der Waals surface area contributed by atoms with E-state index in [1.54, 1.807) is 0 Å². The zero-order valence-electron chi connectivity index (χ0n) is 9.49. The summed E-state index contributed by atoms with van der Waals surface area (Å²) in [5, 5.41) is 18.4. The maximum atomic E-state index is 9.25. The van der Waals surface area contributed by atoms with Crippen molar-refractivity contribution in [2.24, 2.45) is 5.92 Å². The highest BCUT2D eigenvalue weighted by atomic mass is 16.3. The van der Waals surface area contributed by atoms with E-state index in [2.05, 4.69) is 6.07 Å². The van der Waals surface area contributed by atoms with Gasteiger partial charge >= 0.3 is 0 Å². The molecule has 2 atom stereocenters. The Balaban J connectivity index is 3.13. The molecule has 0 bridgehead atoms. The molecule has 0 aliphatic carbocycles. The molecule has 0 saturated carbocycles. The van der Waals surface area contributed by atoms with Crippen molar-refractivity contribution in [1.29, 1.82) is 5.26 Å². The third-order valence-electron chi connectivity index (χ3n) is 3.14. The van der Waals surface area contributed by atoms with Crippen molar-refractivity contribution in [3.8, 4) is 6.07 Å². The van der Waals surface area contributed by atoms with Gasteiger partial charge in [0.1, 0.15) is 0 Å². The number of hydrogen-bond acceptors (Lipinski definition) is 2. The fraction of sp³-hybridized carbons (Fsp3) is 0.462. The zero-order chi connectivity index (χ0) is 11.5. The molecule has 1 aromatic rings. The SMILES string of the molecule is Cc1ccc([C@@](C)(C#N)[C@H](C)CO)cc1. The maximum Gasteiger partial charge on any atom is 0.0841 e. The molecule has 0 spiro atoms. The Morgan fingerprint density at radius 2 is 1.93 bits per heavy atom. The van der Waals surface area contributed by atoms with Crippen LogP contribution in [0.4, 0.5) is 0 Å². The van der Waals surface area contributed by atoms with Gasteiger partial charge in [0.15, 0.2) is 0 Å². The second-order valence-corrected chi connectivity index (χ2v) is 4.26. The average Bonchev–Trinajstić information content (AvgIpc) is 2.27. The minimum absolute atomic E-state index is 0.0257. The highest BCUT2D eigenvalue weighted by Gasteiger charge is 2.32. The number of nitriles is 1. The molecule has 0 heterocycles. The molecule has 0 unspecified atom stereocenters. The molecule has 0 aliphatic heterocycles. The van der Waals surface area contributed by atoms with Crippen LogP contribution >= 0.6 is 0 Å². The summed E-state index contributed by atoms with van der Waals surface area (Å²) in [6, 6.07) is 10.2. The Morgan fingerprint density at radius 1 is 1.40 bits per heavy atom. The highest BCUT2D eigenvalue weighted by Crippen LogP contribution is 2.31.